The van der Waals surface area contributed by atoms with Gasteiger partial charge in [-0.15, -0.1) is 4.68 Å². The van der Waals surface area contributed by atoms with Crippen molar-refractivity contribution in [2.24, 2.45) is 0 Å². The van der Waals surface area contributed by atoms with E-state index in [1.807, 2.05) is 43.5 Å². The van der Waals surface area contributed by atoms with Gasteiger partial charge in [-0.25, -0.2) is 0 Å². The minimum absolute atomic E-state index is 0.275. The second-order valence-corrected chi connectivity index (χ2v) is 9.00. The number of likely N-dealkylation sites (tertiary alicyclic amines) is 1. The van der Waals surface area contributed by atoms with E-state index >= 15 is 0 Å². The molecule has 0 amide bonds. The highest BCUT2D eigenvalue weighted by atomic mass is 35.5. The van der Waals surface area contributed by atoms with Crippen LogP contribution in [0.15, 0.2) is 53.4 Å². The van der Waals surface area contributed by atoms with Gasteiger partial charge in [-0.2, -0.15) is 4.98 Å². The summed E-state index contributed by atoms with van der Waals surface area (Å²) in [5.74, 6) is 1.32. The van der Waals surface area contributed by atoms with E-state index in [4.69, 9.17) is 16.1 Å². The first-order chi connectivity index (χ1) is 16.1. The molecule has 4 heterocycles. The summed E-state index contributed by atoms with van der Waals surface area (Å²) in [5, 5.41) is 5.50. The van der Waals surface area contributed by atoms with Crippen molar-refractivity contribution in [3.8, 4) is 0 Å². The second-order valence-electron chi connectivity index (χ2n) is 8.56. The van der Waals surface area contributed by atoms with Gasteiger partial charge in [0.05, 0.1) is 23.0 Å². The Morgan fingerprint density at radius 2 is 2.09 bits per heavy atom. The van der Waals surface area contributed by atoms with Crippen molar-refractivity contribution in [3.63, 3.8) is 0 Å². The van der Waals surface area contributed by atoms with Crippen LogP contribution in [0.3, 0.4) is 0 Å². The van der Waals surface area contributed by atoms with Crippen LogP contribution in [-0.4, -0.2) is 43.8 Å². The number of pyridine rings is 1. The lowest BCUT2D eigenvalue weighted by molar-refractivity contribution is -0.573. The number of hydrogen-bond donors (Lipinski definition) is 0. The van der Waals surface area contributed by atoms with Crippen LogP contribution in [0.2, 0.25) is 5.02 Å². The molecule has 170 valence electrons. The van der Waals surface area contributed by atoms with E-state index in [0.29, 0.717) is 41.6 Å². The smallest absolute Gasteiger partial charge is 0.318 e. The molecule has 1 saturated heterocycles. The quantitative estimate of drug-likeness (QED) is 0.388. The fraction of sp³-hybridized carbons (Fsp3) is 0.375. The first kappa shape index (κ1) is 21.7. The van der Waals surface area contributed by atoms with Crippen molar-refractivity contribution in [1.82, 2.24) is 24.7 Å². The molecule has 0 bridgehead atoms. The average molecular weight is 466 g/mol. The number of hydrogen-bond acceptors (Lipinski definition) is 6. The van der Waals surface area contributed by atoms with Gasteiger partial charge < -0.3 is 4.52 Å². The molecule has 1 aliphatic heterocycles. The molecule has 9 heteroatoms. The first-order valence-corrected chi connectivity index (χ1v) is 11.6. The second kappa shape index (κ2) is 9.41. The minimum atomic E-state index is 0.275. The number of halogens is 1. The summed E-state index contributed by atoms with van der Waals surface area (Å²) >= 11 is 6.06. The Morgan fingerprint density at radius 1 is 1.24 bits per heavy atom. The van der Waals surface area contributed by atoms with Crippen molar-refractivity contribution >= 4 is 22.5 Å². The number of rotatable bonds is 7. The normalized spacial score (nSPS) is 16.6. The third kappa shape index (κ3) is 4.82. The van der Waals surface area contributed by atoms with Gasteiger partial charge in [-0.05, 0) is 62.1 Å². The van der Waals surface area contributed by atoms with Gasteiger partial charge in [0, 0.05) is 30.2 Å². The summed E-state index contributed by atoms with van der Waals surface area (Å²) in [7, 11) is 0. The maximum atomic E-state index is 13.2. The molecule has 0 unspecified atom stereocenters. The Labute approximate surface area is 196 Å². The third-order valence-electron chi connectivity index (χ3n) is 6.28. The number of benzene rings is 1. The summed E-state index contributed by atoms with van der Waals surface area (Å²) in [5.41, 5.74) is 2.81. The summed E-state index contributed by atoms with van der Waals surface area (Å²) in [4.78, 5) is 24.1. The van der Waals surface area contributed by atoms with Crippen LogP contribution < -0.4 is 4.54 Å². The molecule has 4 aromatic rings. The summed E-state index contributed by atoms with van der Waals surface area (Å²) in [6.45, 7) is 4.28. The van der Waals surface area contributed by atoms with Crippen LogP contribution in [0.4, 0.5) is 0 Å². The fourth-order valence-corrected chi connectivity index (χ4v) is 4.76. The van der Waals surface area contributed by atoms with E-state index < -0.39 is 0 Å². The highest BCUT2D eigenvalue weighted by Gasteiger charge is 2.28. The zero-order chi connectivity index (χ0) is 22.8. The standard InChI is InChI=1S/C24H26ClN6O2/c1-17-27-24(33-28-17)9-12-29-11-2-3-21(29)16-30-15-19(13-18-4-6-20(25)7-5-18)22-8-10-26-14-23(22)31(30)32/h4-8,10,14-15,21H,2-3,9,11-13,16H2,1H3/q+1/t21-/m1/s1. The predicted molar refractivity (Wildman–Crippen MR) is 125 cm³/mol. The van der Waals surface area contributed by atoms with Gasteiger partial charge in [0.15, 0.2) is 10.4 Å². The van der Waals surface area contributed by atoms with Gasteiger partial charge in [-0.1, -0.05) is 28.9 Å². The van der Waals surface area contributed by atoms with E-state index in [1.54, 1.807) is 17.1 Å². The molecule has 0 radical (unpaired) electrons. The number of fused-ring (bicyclic) bond motifs is 1. The molecule has 8 nitrogen and oxygen atoms in total. The number of aryl methyl sites for hydroxylation is 1. The molecule has 1 aromatic carbocycles. The van der Waals surface area contributed by atoms with Crippen LogP contribution in [0.1, 0.15) is 35.7 Å². The molecular weight excluding hydrogens is 440 g/mol. The Morgan fingerprint density at radius 3 is 2.88 bits per heavy atom. The summed E-state index contributed by atoms with van der Waals surface area (Å²) in [6.07, 6.45) is 8.95. The molecule has 0 saturated carbocycles. The number of aromatic nitrogens is 5. The minimum Gasteiger partial charge on any atom is -0.339 e. The zero-order valence-corrected chi connectivity index (χ0v) is 19.3. The van der Waals surface area contributed by atoms with Gasteiger partial charge in [0.25, 0.3) is 0 Å². The predicted octanol–water partition coefficient (Wildman–Crippen LogP) is 3.59. The van der Waals surface area contributed by atoms with Gasteiger partial charge in [0.1, 0.15) is 6.20 Å². The van der Waals surface area contributed by atoms with Crippen molar-refractivity contribution in [2.45, 2.75) is 45.2 Å². The maximum Gasteiger partial charge on any atom is 0.318 e. The molecule has 1 aliphatic rings. The molecule has 0 N–H and O–H groups in total. The molecule has 1 atom stereocenters. The zero-order valence-electron chi connectivity index (χ0n) is 18.5. The molecule has 1 fully saturated rings. The van der Waals surface area contributed by atoms with Crippen LogP contribution in [0, 0.1) is 11.8 Å². The monoisotopic (exact) mass is 465 g/mol. The van der Waals surface area contributed by atoms with Gasteiger partial charge in [-0.3, -0.25) is 9.88 Å². The highest BCUT2D eigenvalue weighted by Crippen LogP contribution is 2.22. The highest BCUT2D eigenvalue weighted by molar-refractivity contribution is 6.30. The van der Waals surface area contributed by atoms with Crippen molar-refractivity contribution < 1.29 is 9.06 Å². The molecule has 0 aliphatic carbocycles. The Hall–Kier alpha value is -3.10. The van der Waals surface area contributed by atoms with E-state index in [1.165, 1.54) is 0 Å². The van der Waals surface area contributed by atoms with Gasteiger partial charge in [0.2, 0.25) is 5.89 Å². The maximum absolute atomic E-state index is 13.2. The lowest BCUT2D eigenvalue weighted by Crippen LogP contribution is -2.41. The van der Waals surface area contributed by atoms with Gasteiger partial charge >= 0.3 is 5.52 Å². The van der Waals surface area contributed by atoms with Crippen LogP contribution in [0.25, 0.3) is 10.9 Å². The van der Waals surface area contributed by atoms with Crippen LogP contribution >= 0.6 is 11.6 Å². The van der Waals surface area contributed by atoms with E-state index in [2.05, 4.69) is 20.0 Å². The van der Waals surface area contributed by atoms with Crippen molar-refractivity contribution in [1.29, 1.82) is 0 Å². The molecule has 33 heavy (non-hydrogen) atoms. The van der Waals surface area contributed by atoms with Crippen LogP contribution in [0.5, 0.6) is 0 Å². The third-order valence-corrected chi connectivity index (χ3v) is 6.53. The first-order valence-electron chi connectivity index (χ1n) is 11.2. The molecular formula is C24H26ClN6O2+. The van der Waals surface area contributed by atoms with E-state index in [-0.39, 0.29) is 6.04 Å². The fourth-order valence-electron chi connectivity index (χ4n) is 4.63. The lowest BCUT2D eigenvalue weighted by Gasteiger charge is -2.22. The van der Waals surface area contributed by atoms with Crippen LogP contribution in [-0.2, 0) is 19.4 Å². The molecule has 3 aromatic heterocycles. The van der Waals surface area contributed by atoms with Crippen molar-refractivity contribution in [3.05, 3.63) is 81.7 Å². The Bertz CT molecular complexity index is 1320. The Kier molecular flexibility index (Phi) is 6.20. The summed E-state index contributed by atoms with van der Waals surface area (Å²) < 4.78 is 8.03. The average Bonchev–Trinajstić information content (AvgIpc) is 3.45. The van der Waals surface area contributed by atoms with E-state index in [0.717, 1.165) is 47.0 Å². The van der Waals surface area contributed by atoms with E-state index in [9.17, 15) is 4.91 Å². The number of nitrogens with zero attached hydrogens (tertiary/aromatic N) is 6. The molecule has 5 rings (SSSR count). The largest absolute Gasteiger partial charge is 0.339 e. The molecule has 0 spiro atoms. The summed E-state index contributed by atoms with van der Waals surface area (Å²) in [6, 6.07) is 10.0. The Balaban J connectivity index is 1.40. The lowest BCUT2D eigenvalue weighted by atomic mass is 10.0. The van der Waals surface area contributed by atoms with Crippen molar-refractivity contribution in [2.75, 3.05) is 13.1 Å². The SMILES string of the molecule is Cc1noc(CCN2CCC[C@@H]2Cn2cc(Cc3ccc(Cl)cc3)c3ccncc3[n+]2=O)n1. The topological polar surface area (TPSA) is 83.0 Å².